The molecule has 3 heterocycles. The first-order chi connectivity index (χ1) is 19.2. The Morgan fingerprint density at radius 3 is 2.10 bits per heavy atom. The molecule has 5 rings (SSSR count). The Balaban J connectivity index is 0.000000376. The Labute approximate surface area is 240 Å². The van der Waals surface area contributed by atoms with E-state index in [1.165, 1.54) is 11.1 Å². The number of rotatable bonds is 6. The Bertz CT molecular complexity index is 1360. The van der Waals surface area contributed by atoms with Crippen LogP contribution in [-0.4, -0.2) is 33.7 Å². The highest BCUT2D eigenvalue weighted by molar-refractivity contribution is 5.69. The Hall–Kier alpha value is -3.31. The summed E-state index contributed by atoms with van der Waals surface area (Å²) in [5, 5.41) is 0. The molecule has 2 aromatic heterocycles. The maximum atomic E-state index is 15.0. The zero-order chi connectivity index (χ0) is 29.3. The SMILES string of the molecule is CC.CCC1(CC=O)CCN(Cc2nc3ccccn3c2-c2cc(C)c(C)cc2F)CC1.Cc1ccc(C)cc1. The number of aryl methyl sites for hydroxylation is 4. The zero-order valence-corrected chi connectivity index (χ0v) is 25.4. The smallest absolute Gasteiger partial charge is 0.137 e. The number of hydrogen-bond acceptors (Lipinski definition) is 3. The Morgan fingerprint density at radius 1 is 0.925 bits per heavy atom. The molecule has 5 heteroatoms. The van der Waals surface area contributed by atoms with E-state index in [4.69, 9.17) is 4.98 Å². The fourth-order valence-electron chi connectivity index (χ4n) is 5.32. The van der Waals surface area contributed by atoms with Crippen LogP contribution >= 0.6 is 0 Å². The van der Waals surface area contributed by atoms with Crippen LogP contribution in [0.3, 0.4) is 0 Å². The quantitative estimate of drug-likeness (QED) is 0.228. The maximum absolute atomic E-state index is 15.0. The van der Waals surface area contributed by atoms with Crippen molar-refractivity contribution in [2.75, 3.05) is 13.1 Å². The van der Waals surface area contributed by atoms with E-state index in [9.17, 15) is 4.79 Å². The third kappa shape index (κ3) is 7.45. The van der Waals surface area contributed by atoms with Crippen molar-refractivity contribution in [2.24, 2.45) is 5.41 Å². The summed E-state index contributed by atoms with van der Waals surface area (Å²) in [6.45, 7) is 16.9. The molecule has 1 aliphatic heterocycles. The summed E-state index contributed by atoms with van der Waals surface area (Å²) < 4.78 is 17.0. The van der Waals surface area contributed by atoms with Gasteiger partial charge in [0, 0.05) is 24.7 Å². The van der Waals surface area contributed by atoms with E-state index < -0.39 is 0 Å². The molecule has 0 unspecified atom stereocenters. The van der Waals surface area contributed by atoms with Gasteiger partial charge in [-0.1, -0.05) is 62.2 Å². The molecule has 0 amide bonds. The summed E-state index contributed by atoms with van der Waals surface area (Å²) >= 11 is 0. The van der Waals surface area contributed by atoms with Crippen LogP contribution in [0.4, 0.5) is 4.39 Å². The molecule has 4 aromatic rings. The molecular weight excluding hydrogens is 497 g/mol. The van der Waals surface area contributed by atoms with E-state index in [-0.39, 0.29) is 11.2 Å². The van der Waals surface area contributed by atoms with Crippen LogP contribution in [0.5, 0.6) is 0 Å². The monoisotopic (exact) mass is 543 g/mol. The largest absolute Gasteiger partial charge is 0.303 e. The summed E-state index contributed by atoms with van der Waals surface area (Å²) in [6.07, 6.45) is 6.74. The van der Waals surface area contributed by atoms with Crippen molar-refractivity contribution in [3.05, 3.63) is 94.6 Å². The summed E-state index contributed by atoms with van der Waals surface area (Å²) in [5.41, 5.74) is 8.01. The number of likely N-dealkylation sites (tertiary alicyclic amines) is 1. The van der Waals surface area contributed by atoms with E-state index >= 15 is 4.39 Å². The van der Waals surface area contributed by atoms with Crippen molar-refractivity contribution in [1.82, 2.24) is 14.3 Å². The fourth-order valence-corrected chi connectivity index (χ4v) is 5.32. The number of piperidine rings is 1. The second-order valence-corrected chi connectivity index (χ2v) is 10.9. The molecular formula is C35H46FN3O. The standard InChI is InChI=1S/C25H30FN3O.C8H10.C2H6/c1-4-25(10-14-30)8-12-28(13-9-25)17-22-24(29-11-6-5-7-23(29)27-22)20-15-18(2)19(3)16-21(20)26;1-7-3-5-8(2)6-4-7;1-2/h5-7,11,14-16H,4,8-10,12-13,17H2,1-3H3;3-6H,1-2H3;1-2H3. The second-order valence-electron chi connectivity index (χ2n) is 10.9. The van der Waals surface area contributed by atoms with Crippen molar-refractivity contribution in [3.8, 4) is 11.3 Å². The van der Waals surface area contributed by atoms with E-state index in [0.29, 0.717) is 18.5 Å². The number of benzene rings is 2. The normalized spacial score (nSPS) is 14.6. The van der Waals surface area contributed by atoms with Gasteiger partial charge in [-0.15, -0.1) is 0 Å². The van der Waals surface area contributed by atoms with Gasteiger partial charge in [-0.05, 0) is 101 Å². The predicted octanol–water partition coefficient (Wildman–Crippen LogP) is 8.67. The number of halogens is 1. The number of imidazole rings is 1. The molecule has 214 valence electrons. The molecule has 0 spiro atoms. The first-order valence-electron chi connectivity index (χ1n) is 14.7. The van der Waals surface area contributed by atoms with E-state index in [1.54, 1.807) is 6.07 Å². The molecule has 0 radical (unpaired) electrons. The molecule has 0 atom stereocenters. The van der Waals surface area contributed by atoms with Crippen molar-refractivity contribution < 1.29 is 9.18 Å². The topological polar surface area (TPSA) is 37.6 Å². The summed E-state index contributed by atoms with van der Waals surface area (Å²) in [4.78, 5) is 18.4. The zero-order valence-electron chi connectivity index (χ0n) is 25.4. The minimum absolute atomic E-state index is 0.139. The van der Waals surface area contributed by atoms with E-state index in [1.807, 2.05) is 62.6 Å². The minimum Gasteiger partial charge on any atom is -0.303 e. The number of aldehydes is 1. The third-order valence-corrected chi connectivity index (χ3v) is 8.22. The molecule has 0 bridgehead atoms. The molecule has 4 nitrogen and oxygen atoms in total. The summed E-state index contributed by atoms with van der Waals surface area (Å²) in [6, 6.07) is 17.9. The third-order valence-electron chi connectivity index (χ3n) is 8.22. The van der Waals surface area contributed by atoms with Gasteiger partial charge in [-0.25, -0.2) is 9.37 Å². The van der Waals surface area contributed by atoms with Gasteiger partial charge in [0.2, 0.25) is 0 Å². The lowest BCUT2D eigenvalue weighted by molar-refractivity contribution is -0.110. The predicted molar refractivity (Wildman–Crippen MR) is 165 cm³/mol. The summed E-state index contributed by atoms with van der Waals surface area (Å²) in [7, 11) is 0. The molecule has 1 saturated heterocycles. The van der Waals surface area contributed by atoms with Crippen LogP contribution in [0, 0.1) is 38.9 Å². The van der Waals surface area contributed by atoms with Gasteiger partial charge >= 0.3 is 0 Å². The Morgan fingerprint density at radius 2 is 1.52 bits per heavy atom. The number of carbonyl (C=O) groups excluding carboxylic acids is 1. The molecule has 1 fully saturated rings. The molecule has 2 aromatic carbocycles. The minimum atomic E-state index is -0.209. The number of carbonyl (C=O) groups is 1. The van der Waals surface area contributed by atoms with Gasteiger partial charge in [-0.3, -0.25) is 9.30 Å². The van der Waals surface area contributed by atoms with Crippen LogP contribution in [0.2, 0.25) is 0 Å². The van der Waals surface area contributed by atoms with Gasteiger partial charge in [-0.2, -0.15) is 0 Å². The number of aromatic nitrogens is 2. The van der Waals surface area contributed by atoms with Crippen LogP contribution in [0.25, 0.3) is 16.9 Å². The van der Waals surface area contributed by atoms with Crippen molar-refractivity contribution in [3.63, 3.8) is 0 Å². The maximum Gasteiger partial charge on any atom is 0.137 e. The number of pyridine rings is 1. The molecule has 40 heavy (non-hydrogen) atoms. The van der Waals surface area contributed by atoms with Gasteiger partial charge in [0.05, 0.1) is 11.4 Å². The lowest BCUT2D eigenvalue weighted by Crippen LogP contribution is -2.39. The van der Waals surface area contributed by atoms with Crippen molar-refractivity contribution in [1.29, 1.82) is 0 Å². The van der Waals surface area contributed by atoms with Crippen molar-refractivity contribution >= 4 is 11.9 Å². The molecule has 0 saturated carbocycles. The van der Waals surface area contributed by atoms with Gasteiger partial charge in [0.15, 0.2) is 0 Å². The highest BCUT2D eigenvalue weighted by atomic mass is 19.1. The molecule has 0 aliphatic carbocycles. The van der Waals surface area contributed by atoms with E-state index in [0.717, 1.165) is 66.8 Å². The average Bonchev–Trinajstić information content (AvgIpc) is 3.32. The fraction of sp³-hybridized carbons (Fsp3) is 0.429. The van der Waals surface area contributed by atoms with Crippen LogP contribution in [0.1, 0.15) is 74.4 Å². The highest BCUT2D eigenvalue weighted by Crippen LogP contribution is 2.38. The van der Waals surface area contributed by atoms with Crippen molar-refractivity contribution in [2.45, 2.75) is 80.7 Å². The molecule has 1 aliphatic rings. The number of nitrogens with zero attached hydrogens (tertiary/aromatic N) is 3. The van der Waals surface area contributed by atoms with Crippen LogP contribution < -0.4 is 0 Å². The molecule has 0 N–H and O–H groups in total. The van der Waals surface area contributed by atoms with Gasteiger partial charge in [0.25, 0.3) is 0 Å². The number of hydrogen-bond donors (Lipinski definition) is 0. The van der Waals surface area contributed by atoms with Gasteiger partial charge < -0.3 is 4.79 Å². The summed E-state index contributed by atoms with van der Waals surface area (Å²) in [5.74, 6) is -0.209. The van der Waals surface area contributed by atoms with Crippen LogP contribution in [-0.2, 0) is 11.3 Å². The first kappa shape index (κ1) is 31.2. The van der Waals surface area contributed by atoms with E-state index in [2.05, 4.69) is 49.9 Å². The first-order valence-corrected chi connectivity index (χ1v) is 14.7. The lowest BCUT2D eigenvalue weighted by atomic mass is 9.74. The lowest BCUT2D eigenvalue weighted by Gasteiger charge is -2.40. The van der Waals surface area contributed by atoms with Gasteiger partial charge in [0.1, 0.15) is 17.8 Å². The highest BCUT2D eigenvalue weighted by Gasteiger charge is 2.33. The Kier molecular flexibility index (Phi) is 11.2. The second kappa shape index (κ2) is 14.4. The van der Waals surface area contributed by atoms with Crippen LogP contribution in [0.15, 0.2) is 60.8 Å². The average molecular weight is 544 g/mol. The number of fused-ring (bicyclic) bond motifs is 1.